The van der Waals surface area contributed by atoms with Crippen LogP contribution in [0.4, 0.5) is 11.9 Å². The minimum atomic E-state index is -0.433. The molecule has 0 spiro atoms. The lowest BCUT2D eigenvalue weighted by atomic mass is 9.96. The van der Waals surface area contributed by atoms with Crippen LogP contribution in [0.15, 0.2) is 0 Å². The molecule has 2 saturated heterocycles. The van der Waals surface area contributed by atoms with Crippen molar-refractivity contribution in [3.05, 3.63) is 5.82 Å². The molecule has 0 aliphatic carbocycles. The number of hydrogen-bond acceptors (Lipinski definition) is 7. The van der Waals surface area contributed by atoms with Crippen molar-refractivity contribution in [1.82, 2.24) is 20.3 Å². The van der Waals surface area contributed by atoms with Gasteiger partial charge in [-0.2, -0.15) is 15.0 Å². The Morgan fingerprint density at radius 2 is 1.56 bits per heavy atom. The van der Waals surface area contributed by atoms with Crippen molar-refractivity contribution in [3.8, 4) is 0 Å². The zero-order chi connectivity index (χ0) is 17.9. The van der Waals surface area contributed by atoms with Crippen LogP contribution in [0, 0.1) is 5.41 Å². The number of ether oxygens (including phenoxy) is 1. The highest BCUT2D eigenvalue weighted by atomic mass is 16.5. The van der Waals surface area contributed by atoms with E-state index in [1.165, 1.54) is 0 Å². The molecular formula is C17H28N6O2. The molecule has 1 aromatic heterocycles. The van der Waals surface area contributed by atoms with Crippen LogP contribution in [-0.4, -0.2) is 60.3 Å². The first kappa shape index (κ1) is 17.8. The maximum absolute atomic E-state index is 12.1. The molecule has 0 radical (unpaired) electrons. The molecule has 2 fully saturated rings. The van der Waals surface area contributed by atoms with E-state index in [2.05, 4.69) is 30.1 Å². The van der Waals surface area contributed by atoms with Gasteiger partial charge in [-0.1, -0.05) is 20.8 Å². The second kappa shape index (κ2) is 7.51. The smallest absolute Gasteiger partial charge is 0.230 e. The van der Waals surface area contributed by atoms with Crippen LogP contribution in [0.1, 0.15) is 39.4 Å². The van der Waals surface area contributed by atoms with Crippen LogP contribution in [0.5, 0.6) is 0 Å². The van der Waals surface area contributed by atoms with Gasteiger partial charge in [0.2, 0.25) is 17.8 Å². The molecule has 2 aliphatic rings. The Morgan fingerprint density at radius 1 is 1.00 bits per heavy atom. The minimum absolute atomic E-state index is 0.0106. The number of nitrogens with zero attached hydrogens (tertiary/aromatic N) is 5. The molecule has 25 heavy (non-hydrogen) atoms. The third kappa shape index (κ3) is 4.56. The van der Waals surface area contributed by atoms with Gasteiger partial charge in [0.25, 0.3) is 0 Å². The van der Waals surface area contributed by atoms with Crippen molar-refractivity contribution in [1.29, 1.82) is 0 Å². The molecule has 0 atom stereocenters. The minimum Gasteiger partial charge on any atom is -0.378 e. The fourth-order valence-electron chi connectivity index (χ4n) is 2.86. The molecule has 8 heteroatoms. The average Bonchev–Trinajstić information content (AvgIpc) is 3.14. The summed E-state index contributed by atoms with van der Waals surface area (Å²) in [5.41, 5.74) is -0.433. The van der Waals surface area contributed by atoms with E-state index < -0.39 is 5.41 Å². The Hall–Kier alpha value is -1.96. The number of morpholine rings is 1. The van der Waals surface area contributed by atoms with Crippen molar-refractivity contribution in [2.24, 2.45) is 5.41 Å². The summed E-state index contributed by atoms with van der Waals surface area (Å²) >= 11 is 0. The Kier molecular flexibility index (Phi) is 5.36. The van der Waals surface area contributed by atoms with Crippen molar-refractivity contribution < 1.29 is 9.53 Å². The molecule has 2 aliphatic heterocycles. The van der Waals surface area contributed by atoms with Gasteiger partial charge in [-0.15, -0.1) is 0 Å². The maximum atomic E-state index is 12.1. The molecule has 1 aromatic rings. The lowest BCUT2D eigenvalue weighted by Crippen LogP contribution is -2.38. The van der Waals surface area contributed by atoms with Crippen LogP contribution < -0.4 is 15.1 Å². The number of rotatable bonds is 4. The van der Waals surface area contributed by atoms with Gasteiger partial charge in [0.05, 0.1) is 19.8 Å². The van der Waals surface area contributed by atoms with Crippen LogP contribution in [0.25, 0.3) is 0 Å². The fourth-order valence-corrected chi connectivity index (χ4v) is 2.86. The lowest BCUT2D eigenvalue weighted by molar-refractivity contribution is -0.128. The SMILES string of the molecule is CC(C)(C)C(=O)NCc1nc(N2CCCC2)nc(N2CCOCC2)n1. The van der Waals surface area contributed by atoms with E-state index in [-0.39, 0.29) is 5.91 Å². The molecular weight excluding hydrogens is 320 g/mol. The van der Waals surface area contributed by atoms with E-state index in [1.54, 1.807) is 0 Å². The normalized spacial score (nSPS) is 18.5. The van der Waals surface area contributed by atoms with Gasteiger partial charge in [0.1, 0.15) is 0 Å². The van der Waals surface area contributed by atoms with E-state index in [9.17, 15) is 4.79 Å². The van der Waals surface area contributed by atoms with Crippen molar-refractivity contribution >= 4 is 17.8 Å². The van der Waals surface area contributed by atoms with E-state index in [4.69, 9.17) is 4.74 Å². The summed E-state index contributed by atoms with van der Waals surface area (Å²) in [5, 5.41) is 2.93. The summed E-state index contributed by atoms with van der Waals surface area (Å²) in [5.74, 6) is 1.99. The summed E-state index contributed by atoms with van der Waals surface area (Å²) in [7, 11) is 0. The van der Waals surface area contributed by atoms with Crippen LogP contribution in [0.3, 0.4) is 0 Å². The van der Waals surface area contributed by atoms with Crippen molar-refractivity contribution in [2.75, 3.05) is 49.2 Å². The molecule has 1 N–H and O–H groups in total. The topological polar surface area (TPSA) is 83.5 Å². The van der Waals surface area contributed by atoms with E-state index in [1.807, 2.05) is 20.8 Å². The first-order valence-electron chi connectivity index (χ1n) is 9.04. The first-order valence-corrected chi connectivity index (χ1v) is 9.04. The molecule has 138 valence electrons. The summed E-state index contributed by atoms with van der Waals surface area (Å²) in [6, 6.07) is 0. The van der Waals surface area contributed by atoms with Gasteiger partial charge in [-0.05, 0) is 12.8 Å². The van der Waals surface area contributed by atoms with Crippen molar-refractivity contribution in [2.45, 2.75) is 40.2 Å². The Labute approximate surface area is 149 Å². The predicted octanol–water partition coefficient (Wildman–Crippen LogP) is 0.971. The zero-order valence-corrected chi connectivity index (χ0v) is 15.4. The second-order valence-corrected chi connectivity index (χ2v) is 7.58. The van der Waals surface area contributed by atoms with Crippen molar-refractivity contribution in [3.63, 3.8) is 0 Å². The molecule has 8 nitrogen and oxygen atoms in total. The third-order valence-electron chi connectivity index (χ3n) is 4.43. The largest absolute Gasteiger partial charge is 0.378 e. The highest BCUT2D eigenvalue weighted by Crippen LogP contribution is 2.20. The summed E-state index contributed by atoms with van der Waals surface area (Å²) in [6.45, 7) is 10.9. The van der Waals surface area contributed by atoms with E-state index in [0.29, 0.717) is 37.5 Å². The number of hydrogen-bond donors (Lipinski definition) is 1. The molecule has 3 rings (SSSR count). The Bertz CT molecular complexity index is 604. The van der Waals surface area contributed by atoms with Gasteiger partial charge in [-0.25, -0.2) is 0 Å². The zero-order valence-electron chi connectivity index (χ0n) is 15.4. The molecule has 0 saturated carbocycles. The van der Waals surface area contributed by atoms with Gasteiger partial charge in [0, 0.05) is 31.6 Å². The standard InChI is InChI=1S/C17H28N6O2/c1-17(2,3)14(24)18-12-13-19-15(22-6-4-5-7-22)21-16(20-13)23-8-10-25-11-9-23/h4-12H2,1-3H3,(H,18,24). The number of amides is 1. The molecule has 3 heterocycles. The monoisotopic (exact) mass is 348 g/mol. The lowest BCUT2D eigenvalue weighted by Gasteiger charge is -2.28. The second-order valence-electron chi connectivity index (χ2n) is 7.58. The number of anilines is 2. The number of nitrogens with one attached hydrogen (secondary N) is 1. The van der Waals surface area contributed by atoms with Crippen LogP contribution in [0.2, 0.25) is 0 Å². The predicted molar refractivity (Wildman–Crippen MR) is 95.6 cm³/mol. The number of aromatic nitrogens is 3. The quantitative estimate of drug-likeness (QED) is 0.868. The average molecular weight is 348 g/mol. The van der Waals surface area contributed by atoms with E-state index >= 15 is 0 Å². The maximum Gasteiger partial charge on any atom is 0.230 e. The fraction of sp³-hybridized carbons (Fsp3) is 0.765. The van der Waals surface area contributed by atoms with Gasteiger partial charge >= 0.3 is 0 Å². The summed E-state index contributed by atoms with van der Waals surface area (Å²) < 4.78 is 5.42. The Balaban J connectivity index is 1.80. The first-order chi connectivity index (χ1) is 11.9. The molecule has 0 aromatic carbocycles. The summed E-state index contributed by atoms with van der Waals surface area (Å²) in [4.78, 5) is 30.3. The molecule has 1 amide bonds. The number of carbonyl (C=O) groups excluding carboxylic acids is 1. The van der Waals surface area contributed by atoms with Gasteiger partial charge < -0.3 is 19.9 Å². The highest BCUT2D eigenvalue weighted by Gasteiger charge is 2.23. The van der Waals surface area contributed by atoms with E-state index in [0.717, 1.165) is 39.0 Å². The molecule has 0 unspecified atom stereocenters. The number of carbonyl (C=O) groups is 1. The van der Waals surface area contributed by atoms with Gasteiger partial charge in [0.15, 0.2) is 5.82 Å². The Morgan fingerprint density at radius 3 is 2.12 bits per heavy atom. The van der Waals surface area contributed by atoms with Gasteiger partial charge in [-0.3, -0.25) is 4.79 Å². The third-order valence-corrected chi connectivity index (χ3v) is 4.43. The van der Waals surface area contributed by atoms with Crippen LogP contribution >= 0.6 is 0 Å². The summed E-state index contributed by atoms with van der Waals surface area (Å²) in [6.07, 6.45) is 2.32. The van der Waals surface area contributed by atoms with Crippen LogP contribution in [-0.2, 0) is 16.1 Å². The highest BCUT2D eigenvalue weighted by molar-refractivity contribution is 5.81. The molecule has 0 bridgehead atoms.